The van der Waals surface area contributed by atoms with Gasteiger partial charge in [0.1, 0.15) is 12.1 Å². The summed E-state index contributed by atoms with van der Waals surface area (Å²) in [6, 6.07) is 9.71. The fraction of sp³-hybridized carbons (Fsp3) is 0.634. The molecule has 0 saturated carbocycles. The number of hydrogen-bond donors (Lipinski definition) is 2. The molecule has 0 bridgehead atoms. The number of carbonyl (C=O) groups is 4. The molecule has 4 rings (SSSR count). The molecule has 3 heterocycles. The van der Waals surface area contributed by atoms with E-state index in [-0.39, 0.29) is 55.9 Å². The van der Waals surface area contributed by atoms with Gasteiger partial charge in [-0.25, -0.2) is 9.78 Å². The van der Waals surface area contributed by atoms with E-state index in [0.29, 0.717) is 32.8 Å². The highest BCUT2D eigenvalue weighted by Gasteiger charge is 2.31. The number of benzene rings is 1. The largest absolute Gasteiger partial charge is 0.444 e. The Morgan fingerprint density at radius 2 is 1.67 bits per heavy atom. The molecule has 0 aliphatic carbocycles. The first-order chi connectivity index (χ1) is 26.3. The fourth-order valence-electron chi connectivity index (χ4n) is 6.60. The summed E-state index contributed by atoms with van der Waals surface area (Å²) in [5.74, 6) is -1.12. The van der Waals surface area contributed by atoms with Crippen LogP contribution in [0.5, 0.6) is 0 Å². The minimum Gasteiger partial charge on any atom is -0.444 e. The van der Waals surface area contributed by atoms with Gasteiger partial charge in [0, 0.05) is 84.2 Å². The summed E-state index contributed by atoms with van der Waals surface area (Å²) in [5.41, 5.74) is 2.21. The monoisotopic (exact) mass is 765 g/mol. The van der Waals surface area contributed by atoms with Crippen molar-refractivity contribution in [1.29, 1.82) is 0 Å². The molecule has 304 valence electrons. The zero-order valence-electron chi connectivity index (χ0n) is 33.9. The Balaban J connectivity index is 1.34. The number of ether oxygens (including phenoxy) is 3. The van der Waals surface area contributed by atoms with Crippen LogP contribution in [-0.4, -0.2) is 153 Å². The van der Waals surface area contributed by atoms with Crippen molar-refractivity contribution in [2.75, 3.05) is 104 Å². The van der Waals surface area contributed by atoms with Crippen LogP contribution >= 0.6 is 0 Å². The smallest absolute Gasteiger partial charge is 0.410 e. The minimum absolute atomic E-state index is 0.00302. The number of anilines is 1. The first kappa shape index (κ1) is 43.6. The predicted octanol–water partition coefficient (Wildman–Crippen LogP) is 4.15. The van der Waals surface area contributed by atoms with E-state index in [1.165, 1.54) is 4.90 Å². The lowest BCUT2D eigenvalue weighted by Crippen LogP contribution is -2.46. The summed E-state index contributed by atoms with van der Waals surface area (Å²) in [7, 11) is 1.76. The van der Waals surface area contributed by atoms with Gasteiger partial charge in [0.25, 0.3) is 5.91 Å². The molecule has 55 heavy (non-hydrogen) atoms. The van der Waals surface area contributed by atoms with Crippen molar-refractivity contribution in [3.05, 3.63) is 47.8 Å². The zero-order chi connectivity index (χ0) is 39.8. The van der Waals surface area contributed by atoms with Gasteiger partial charge in [0.2, 0.25) is 11.8 Å². The Morgan fingerprint density at radius 3 is 2.36 bits per heavy atom. The summed E-state index contributed by atoms with van der Waals surface area (Å²) in [5, 5.41) is 5.70. The number of hydrogen-bond acceptors (Lipinski definition) is 10. The lowest BCUT2D eigenvalue weighted by atomic mass is 9.96. The second kappa shape index (κ2) is 21.8. The van der Waals surface area contributed by atoms with Gasteiger partial charge in [-0.2, -0.15) is 0 Å². The molecule has 1 aromatic carbocycles. The number of pyridine rings is 1. The predicted molar refractivity (Wildman–Crippen MR) is 213 cm³/mol. The van der Waals surface area contributed by atoms with Crippen LogP contribution < -0.4 is 10.6 Å². The number of amides is 4. The summed E-state index contributed by atoms with van der Waals surface area (Å²) >= 11 is 0. The Labute approximate surface area is 327 Å². The van der Waals surface area contributed by atoms with Crippen LogP contribution in [-0.2, 0) is 30.2 Å². The third kappa shape index (κ3) is 14.8. The molecule has 14 nitrogen and oxygen atoms in total. The summed E-state index contributed by atoms with van der Waals surface area (Å²) < 4.78 is 17.1. The second-order valence-corrected chi connectivity index (χ2v) is 15.4. The van der Waals surface area contributed by atoms with Gasteiger partial charge in [0.15, 0.2) is 5.69 Å². The van der Waals surface area contributed by atoms with Crippen molar-refractivity contribution < 1.29 is 33.4 Å². The number of piperidine rings is 1. The van der Waals surface area contributed by atoms with E-state index in [4.69, 9.17) is 14.2 Å². The van der Waals surface area contributed by atoms with E-state index in [1.807, 2.05) is 24.3 Å². The molecule has 0 radical (unpaired) electrons. The van der Waals surface area contributed by atoms with Gasteiger partial charge in [0.05, 0.1) is 25.5 Å². The average Bonchev–Trinajstić information content (AvgIpc) is 3.16. The molecule has 1 unspecified atom stereocenters. The van der Waals surface area contributed by atoms with E-state index < -0.39 is 23.5 Å². The van der Waals surface area contributed by atoms with Crippen LogP contribution in [0.15, 0.2) is 36.5 Å². The fourth-order valence-corrected chi connectivity index (χ4v) is 6.60. The van der Waals surface area contributed by atoms with Crippen molar-refractivity contribution >= 4 is 29.5 Å². The zero-order valence-corrected chi connectivity index (χ0v) is 33.9. The van der Waals surface area contributed by atoms with Gasteiger partial charge in [-0.05, 0) is 69.7 Å². The van der Waals surface area contributed by atoms with E-state index in [2.05, 4.69) is 39.3 Å². The van der Waals surface area contributed by atoms with Gasteiger partial charge in [-0.1, -0.05) is 38.1 Å². The maximum absolute atomic E-state index is 13.7. The molecule has 1 atom stereocenters. The molecular formula is C41H63N7O7. The number of likely N-dealkylation sites (tertiary alicyclic amines) is 1. The molecule has 0 spiro atoms. The van der Waals surface area contributed by atoms with Crippen molar-refractivity contribution in [2.24, 2.45) is 5.92 Å². The van der Waals surface area contributed by atoms with Crippen LogP contribution in [0.4, 0.5) is 10.5 Å². The SMILES string of the molecule is CCc1cccc(-c2cnc(C(=O)NCCOCCOCCCN3CCN(CC)CC3)c(NC(=O)CN(CC3CCN(C)C(=O)C3)C(=O)OC(C)(C)C)c2)c1. The molecule has 2 aliphatic heterocycles. The minimum atomic E-state index is -0.786. The summed E-state index contributed by atoms with van der Waals surface area (Å²) in [6.07, 6.45) is 3.77. The average molecular weight is 766 g/mol. The Hall–Kier alpha value is -4.11. The second-order valence-electron chi connectivity index (χ2n) is 15.4. The van der Waals surface area contributed by atoms with E-state index in [9.17, 15) is 19.2 Å². The third-order valence-corrected chi connectivity index (χ3v) is 9.85. The van der Waals surface area contributed by atoms with Crippen molar-refractivity contribution in [1.82, 2.24) is 29.9 Å². The highest BCUT2D eigenvalue weighted by molar-refractivity contribution is 6.03. The quantitative estimate of drug-likeness (QED) is 0.200. The summed E-state index contributed by atoms with van der Waals surface area (Å²) in [4.78, 5) is 65.3. The number of rotatable bonds is 19. The molecular weight excluding hydrogens is 702 g/mol. The molecule has 2 saturated heterocycles. The van der Waals surface area contributed by atoms with Gasteiger partial charge in [-0.15, -0.1) is 0 Å². The highest BCUT2D eigenvalue weighted by Crippen LogP contribution is 2.26. The van der Waals surface area contributed by atoms with Crippen molar-refractivity contribution in [2.45, 2.75) is 65.9 Å². The summed E-state index contributed by atoms with van der Waals surface area (Å²) in [6.45, 7) is 18.7. The number of nitrogens with zero attached hydrogens (tertiary/aromatic N) is 5. The molecule has 1 aromatic heterocycles. The molecule has 2 aromatic rings. The normalized spacial score (nSPS) is 16.9. The molecule has 2 aliphatic rings. The molecule has 14 heteroatoms. The van der Waals surface area contributed by atoms with E-state index in [0.717, 1.165) is 68.8 Å². The van der Waals surface area contributed by atoms with Crippen LogP contribution in [0.1, 0.15) is 69.9 Å². The maximum atomic E-state index is 13.7. The van der Waals surface area contributed by atoms with Crippen LogP contribution in [0, 0.1) is 5.92 Å². The molecule has 4 amide bonds. The van der Waals surface area contributed by atoms with E-state index in [1.54, 1.807) is 45.0 Å². The van der Waals surface area contributed by atoms with Crippen LogP contribution in [0.3, 0.4) is 0 Å². The third-order valence-electron chi connectivity index (χ3n) is 9.85. The number of aromatic nitrogens is 1. The van der Waals surface area contributed by atoms with Crippen LogP contribution in [0.25, 0.3) is 11.1 Å². The maximum Gasteiger partial charge on any atom is 0.410 e. The van der Waals surface area contributed by atoms with Gasteiger partial charge in [-0.3, -0.25) is 19.3 Å². The van der Waals surface area contributed by atoms with Gasteiger partial charge < -0.3 is 39.5 Å². The van der Waals surface area contributed by atoms with Gasteiger partial charge >= 0.3 is 6.09 Å². The van der Waals surface area contributed by atoms with Crippen LogP contribution in [0.2, 0.25) is 0 Å². The topological polar surface area (TPSA) is 146 Å². The van der Waals surface area contributed by atoms with Crippen molar-refractivity contribution in [3.63, 3.8) is 0 Å². The Kier molecular flexibility index (Phi) is 17.3. The number of likely N-dealkylation sites (N-methyl/N-ethyl adjacent to an activating group) is 1. The van der Waals surface area contributed by atoms with E-state index >= 15 is 0 Å². The van der Waals surface area contributed by atoms with Crippen molar-refractivity contribution in [3.8, 4) is 11.1 Å². The number of carbonyl (C=O) groups excluding carboxylic acids is 4. The highest BCUT2D eigenvalue weighted by atomic mass is 16.6. The first-order valence-corrected chi connectivity index (χ1v) is 19.8. The molecule has 2 N–H and O–H groups in total. The number of nitrogens with one attached hydrogen (secondary N) is 2. The molecule has 2 fully saturated rings. The number of piperazine rings is 1. The standard InChI is InChI=1S/C41H63N7O7/c1-7-31-11-9-12-33(25-31)34-27-35(44-36(49)30-48(40(52)55-41(3,4)5)29-32-13-16-45(6)37(50)26-32)38(43-28-34)39(51)42-14-22-54-24-23-53-21-10-15-47-19-17-46(8-2)18-20-47/h9,11-12,25,27-28,32H,7-8,10,13-24,26,29-30H2,1-6H3,(H,42,51)(H,44,49). The lowest BCUT2D eigenvalue weighted by Gasteiger charge is -2.33. The first-order valence-electron chi connectivity index (χ1n) is 19.8. The lowest BCUT2D eigenvalue weighted by molar-refractivity contribution is -0.133. The Morgan fingerprint density at radius 1 is 0.945 bits per heavy atom. The number of aryl methyl sites for hydroxylation is 1. The Bertz CT molecular complexity index is 1560.